The van der Waals surface area contributed by atoms with Gasteiger partial charge in [-0.2, -0.15) is 9.40 Å². The molecule has 4 heterocycles. The fourth-order valence-corrected chi connectivity index (χ4v) is 5.40. The van der Waals surface area contributed by atoms with Crippen molar-refractivity contribution in [2.24, 2.45) is 7.05 Å². The number of piperidine rings is 1. The highest BCUT2D eigenvalue weighted by atomic mass is 32.2. The molecule has 0 aliphatic carbocycles. The number of anilines is 1. The zero-order valence-electron chi connectivity index (χ0n) is 15.5. The number of hydrogen-bond acceptors (Lipinski definition) is 6. The Morgan fingerprint density at radius 3 is 2.74 bits per heavy atom. The molecule has 0 aromatic carbocycles. The summed E-state index contributed by atoms with van der Waals surface area (Å²) >= 11 is 0. The second-order valence-corrected chi connectivity index (χ2v) is 8.95. The Kier molecular flexibility index (Phi) is 5.16. The molecule has 2 aromatic heterocycles. The first-order valence-electron chi connectivity index (χ1n) is 9.36. The van der Waals surface area contributed by atoms with Crippen LogP contribution in [-0.4, -0.2) is 60.3 Å². The number of morpholine rings is 1. The summed E-state index contributed by atoms with van der Waals surface area (Å²) in [5.41, 5.74) is 0.985. The molecule has 2 fully saturated rings. The number of hydrogen-bond donors (Lipinski definition) is 0. The van der Waals surface area contributed by atoms with Gasteiger partial charge in [0.1, 0.15) is 16.8 Å². The summed E-state index contributed by atoms with van der Waals surface area (Å²) in [6.07, 6.45) is 8.13. The van der Waals surface area contributed by atoms with Gasteiger partial charge in [0.25, 0.3) is 0 Å². The summed E-state index contributed by atoms with van der Waals surface area (Å²) in [6.45, 7) is 2.83. The van der Waals surface area contributed by atoms with Crippen molar-refractivity contribution < 1.29 is 13.2 Å². The Hall–Kier alpha value is -1.97. The average molecular weight is 391 g/mol. The molecule has 27 heavy (non-hydrogen) atoms. The Balaban J connectivity index is 1.62. The fraction of sp³-hybridized carbons (Fsp3) is 0.556. The van der Waals surface area contributed by atoms with Gasteiger partial charge in [-0.1, -0.05) is 6.42 Å². The van der Waals surface area contributed by atoms with E-state index in [0.717, 1.165) is 24.8 Å². The number of ether oxygens (including phenoxy) is 1. The maximum Gasteiger partial charge on any atom is 0.246 e. The van der Waals surface area contributed by atoms with Crippen molar-refractivity contribution in [3.63, 3.8) is 0 Å². The maximum atomic E-state index is 13.2. The predicted molar refractivity (Wildman–Crippen MR) is 101 cm³/mol. The van der Waals surface area contributed by atoms with Gasteiger partial charge in [-0.25, -0.2) is 13.4 Å². The minimum Gasteiger partial charge on any atom is -0.370 e. The Morgan fingerprint density at radius 2 is 2.00 bits per heavy atom. The van der Waals surface area contributed by atoms with Crippen LogP contribution in [0.5, 0.6) is 0 Å². The predicted octanol–water partition coefficient (Wildman–Crippen LogP) is 1.57. The molecule has 0 N–H and O–H groups in total. The summed E-state index contributed by atoms with van der Waals surface area (Å²) in [4.78, 5) is 6.74. The van der Waals surface area contributed by atoms with Crippen molar-refractivity contribution in [2.75, 3.05) is 37.7 Å². The molecule has 0 bridgehead atoms. The summed E-state index contributed by atoms with van der Waals surface area (Å²) in [5.74, 6) is 0.514. The monoisotopic (exact) mass is 391 g/mol. The van der Waals surface area contributed by atoms with E-state index < -0.39 is 10.0 Å². The summed E-state index contributed by atoms with van der Waals surface area (Å²) in [6, 6.07) is 3.36. The lowest BCUT2D eigenvalue weighted by Gasteiger charge is -2.35. The van der Waals surface area contributed by atoms with Crippen LogP contribution in [0.2, 0.25) is 0 Å². The van der Waals surface area contributed by atoms with E-state index in [9.17, 15) is 8.42 Å². The smallest absolute Gasteiger partial charge is 0.246 e. The van der Waals surface area contributed by atoms with Crippen molar-refractivity contribution in [3.8, 4) is 0 Å². The fourth-order valence-electron chi connectivity index (χ4n) is 3.72. The first-order chi connectivity index (χ1) is 13.1. The average Bonchev–Trinajstić information content (AvgIpc) is 3.15. The molecule has 8 nitrogen and oxygen atoms in total. The van der Waals surface area contributed by atoms with Gasteiger partial charge in [0, 0.05) is 44.6 Å². The minimum atomic E-state index is -3.55. The lowest BCUT2D eigenvalue weighted by Crippen LogP contribution is -2.41. The third kappa shape index (κ3) is 3.71. The van der Waals surface area contributed by atoms with Crippen LogP contribution in [-0.2, 0) is 21.8 Å². The first kappa shape index (κ1) is 18.4. The van der Waals surface area contributed by atoms with Crippen molar-refractivity contribution in [1.29, 1.82) is 0 Å². The van der Waals surface area contributed by atoms with Crippen LogP contribution in [0.1, 0.15) is 30.9 Å². The van der Waals surface area contributed by atoms with Crippen LogP contribution < -0.4 is 4.90 Å². The van der Waals surface area contributed by atoms with E-state index in [0.29, 0.717) is 43.5 Å². The van der Waals surface area contributed by atoms with E-state index >= 15 is 0 Å². The molecular weight excluding hydrogens is 366 g/mol. The van der Waals surface area contributed by atoms with Gasteiger partial charge < -0.3 is 9.64 Å². The number of sulfonamides is 1. The van der Waals surface area contributed by atoms with Crippen LogP contribution in [0, 0.1) is 0 Å². The summed E-state index contributed by atoms with van der Waals surface area (Å²) in [7, 11) is -1.68. The van der Waals surface area contributed by atoms with Gasteiger partial charge in [-0.05, 0) is 25.0 Å². The van der Waals surface area contributed by atoms with E-state index in [4.69, 9.17) is 4.74 Å². The topological polar surface area (TPSA) is 80.6 Å². The highest BCUT2D eigenvalue weighted by molar-refractivity contribution is 7.89. The normalized spacial score (nSPS) is 22.1. The lowest BCUT2D eigenvalue weighted by atomic mass is 10.1. The van der Waals surface area contributed by atoms with Gasteiger partial charge in [-0.3, -0.25) is 4.68 Å². The first-order valence-corrected chi connectivity index (χ1v) is 10.8. The number of aromatic nitrogens is 3. The molecule has 2 aromatic rings. The number of nitrogens with zero attached hydrogens (tertiary/aromatic N) is 5. The highest BCUT2D eigenvalue weighted by Gasteiger charge is 2.32. The minimum absolute atomic E-state index is 0.153. The maximum absolute atomic E-state index is 13.2. The molecule has 2 aliphatic rings. The standard InChI is InChI=1S/C18H25N5O3S/c1-21-13-15(12-20-21)16-14-22(10-11-26-16)18-17(6-5-7-19-18)27(24,25)23-8-3-2-4-9-23/h5-7,12-13,16H,2-4,8-11,14H2,1H3. The van der Waals surface area contributed by atoms with Gasteiger partial charge >= 0.3 is 0 Å². The van der Waals surface area contributed by atoms with E-state index in [1.165, 1.54) is 0 Å². The van der Waals surface area contributed by atoms with Gasteiger partial charge in [0.15, 0.2) is 0 Å². The molecule has 9 heteroatoms. The molecule has 4 rings (SSSR count). The number of rotatable bonds is 4. The Labute approximate surface area is 159 Å². The molecule has 1 atom stereocenters. The van der Waals surface area contributed by atoms with Crippen LogP contribution in [0.25, 0.3) is 0 Å². The zero-order chi connectivity index (χ0) is 18.9. The van der Waals surface area contributed by atoms with Crippen LogP contribution in [0.15, 0.2) is 35.6 Å². The van der Waals surface area contributed by atoms with E-state index in [2.05, 4.69) is 10.1 Å². The molecule has 146 valence electrons. The summed E-state index contributed by atoms with van der Waals surface area (Å²) in [5, 5.41) is 4.21. The third-order valence-corrected chi connectivity index (χ3v) is 7.07. The molecule has 2 saturated heterocycles. The quantitative estimate of drug-likeness (QED) is 0.787. The summed E-state index contributed by atoms with van der Waals surface area (Å²) < 4.78 is 35.7. The largest absolute Gasteiger partial charge is 0.370 e. The SMILES string of the molecule is Cn1cc(C2CN(c3ncccc3S(=O)(=O)N3CCCCC3)CCO2)cn1. The van der Waals surface area contributed by atoms with Gasteiger partial charge in [-0.15, -0.1) is 0 Å². The Morgan fingerprint density at radius 1 is 1.19 bits per heavy atom. The van der Waals surface area contributed by atoms with Crippen LogP contribution in [0.3, 0.4) is 0 Å². The molecular formula is C18H25N5O3S. The van der Waals surface area contributed by atoms with Crippen LogP contribution in [0.4, 0.5) is 5.82 Å². The van der Waals surface area contributed by atoms with E-state index in [1.54, 1.807) is 33.5 Å². The van der Waals surface area contributed by atoms with E-state index in [-0.39, 0.29) is 6.10 Å². The molecule has 0 radical (unpaired) electrons. The molecule has 2 aliphatic heterocycles. The van der Waals surface area contributed by atoms with E-state index in [1.807, 2.05) is 18.1 Å². The Bertz CT molecular complexity index is 892. The van der Waals surface area contributed by atoms with Crippen molar-refractivity contribution in [3.05, 3.63) is 36.3 Å². The van der Waals surface area contributed by atoms with Crippen LogP contribution >= 0.6 is 0 Å². The lowest BCUT2D eigenvalue weighted by molar-refractivity contribution is 0.0393. The third-order valence-electron chi connectivity index (χ3n) is 5.15. The van der Waals surface area contributed by atoms with Gasteiger partial charge in [0.2, 0.25) is 10.0 Å². The van der Waals surface area contributed by atoms with Gasteiger partial charge in [0.05, 0.1) is 19.3 Å². The number of aryl methyl sites for hydroxylation is 1. The second-order valence-electron chi connectivity index (χ2n) is 7.04. The molecule has 1 unspecified atom stereocenters. The second kappa shape index (κ2) is 7.57. The zero-order valence-corrected chi connectivity index (χ0v) is 16.3. The molecule has 0 amide bonds. The number of pyridine rings is 1. The molecule has 0 saturated carbocycles. The highest BCUT2D eigenvalue weighted by Crippen LogP contribution is 2.31. The molecule has 0 spiro atoms. The van der Waals surface area contributed by atoms with Crippen molar-refractivity contribution in [1.82, 2.24) is 19.1 Å². The van der Waals surface area contributed by atoms with Crippen molar-refractivity contribution in [2.45, 2.75) is 30.3 Å². The van der Waals surface area contributed by atoms with Crippen molar-refractivity contribution >= 4 is 15.8 Å².